The Morgan fingerprint density at radius 1 is 1.53 bits per heavy atom. The van der Waals surface area contributed by atoms with Crippen molar-refractivity contribution in [2.24, 2.45) is 5.73 Å². The highest BCUT2D eigenvalue weighted by Gasteiger charge is 2.14. The normalized spacial score (nSPS) is 18.9. The first-order valence-corrected chi connectivity index (χ1v) is 7.22. The van der Waals surface area contributed by atoms with Crippen molar-refractivity contribution in [2.45, 2.75) is 12.5 Å². The fourth-order valence-electron chi connectivity index (χ4n) is 1.67. The number of hydrogen-bond acceptors (Lipinski definition) is 5. The summed E-state index contributed by atoms with van der Waals surface area (Å²) in [6.45, 7) is 4.37. The summed E-state index contributed by atoms with van der Waals surface area (Å²) < 4.78 is 4.89. The highest BCUT2D eigenvalue weighted by atomic mass is 32.2. The first-order valence-electron chi connectivity index (χ1n) is 6.06. The van der Waals surface area contributed by atoms with Gasteiger partial charge >= 0.3 is 0 Å². The van der Waals surface area contributed by atoms with Crippen LogP contribution >= 0.6 is 11.8 Å². The molecule has 0 saturated carbocycles. The van der Waals surface area contributed by atoms with Gasteiger partial charge in [0, 0.05) is 51.4 Å². The van der Waals surface area contributed by atoms with Crippen LogP contribution in [0, 0.1) is 0 Å². The molecule has 1 rings (SSSR count). The molecular weight excluding hydrogens is 238 g/mol. The van der Waals surface area contributed by atoms with Crippen molar-refractivity contribution in [3.8, 4) is 0 Å². The lowest BCUT2D eigenvalue weighted by Gasteiger charge is -2.26. The van der Waals surface area contributed by atoms with E-state index >= 15 is 0 Å². The van der Waals surface area contributed by atoms with Crippen molar-refractivity contribution < 1.29 is 9.53 Å². The second kappa shape index (κ2) is 8.74. The lowest BCUT2D eigenvalue weighted by Crippen LogP contribution is -2.45. The van der Waals surface area contributed by atoms with E-state index in [1.165, 1.54) is 11.5 Å². The zero-order valence-electron chi connectivity index (χ0n) is 10.5. The molecule has 6 heteroatoms. The van der Waals surface area contributed by atoms with Crippen LogP contribution in [0.4, 0.5) is 0 Å². The van der Waals surface area contributed by atoms with E-state index < -0.39 is 6.04 Å². The number of carbonyl (C=O) groups excluding carboxylic acids is 1. The molecule has 0 aromatic carbocycles. The SMILES string of the molecule is COCCC(N)C(=O)NCCN1CCSCC1. The largest absolute Gasteiger partial charge is 0.385 e. The number of nitrogens with two attached hydrogens (primary N) is 1. The van der Waals surface area contributed by atoms with Crippen LogP contribution in [-0.4, -0.2) is 68.3 Å². The molecule has 1 aliphatic heterocycles. The fourth-order valence-corrected chi connectivity index (χ4v) is 2.65. The monoisotopic (exact) mass is 261 g/mol. The smallest absolute Gasteiger partial charge is 0.237 e. The molecule has 3 N–H and O–H groups in total. The summed E-state index contributed by atoms with van der Waals surface area (Å²) in [7, 11) is 1.61. The molecule has 1 amide bonds. The maximum atomic E-state index is 11.6. The Labute approximate surface area is 107 Å². The van der Waals surface area contributed by atoms with Gasteiger partial charge in [0.15, 0.2) is 0 Å². The van der Waals surface area contributed by atoms with Crippen molar-refractivity contribution in [1.29, 1.82) is 0 Å². The molecule has 0 aromatic rings. The van der Waals surface area contributed by atoms with Gasteiger partial charge in [-0.2, -0.15) is 11.8 Å². The molecular formula is C11H23N3O2S. The fraction of sp³-hybridized carbons (Fsp3) is 0.909. The number of nitrogens with zero attached hydrogens (tertiary/aromatic N) is 1. The summed E-state index contributed by atoms with van der Waals surface area (Å²) in [6, 6.07) is -0.452. The van der Waals surface area contributed by atoms with Crippen molar-refractivity contribution in [3.05, 3.63) is 0 Å². The van der Waals surface area contributed by atoms with Crippen LogP contribution < -0.4 is 11.1 Å². The summed E-state index contributed by atoms with van der Waals surface area (Å²) in [6.07, 6.45) is 0.572. The van der Waals surface area contributed by atoms with Crippen LogP contribution in [0.25, 0.3) is 0 Å². The van der Waals surface area contributed by atoms with E-state index in [4.69, 9.17) is 10.5 Å². The number of carbonyl (C=O) groups is 1. The Balaban J connectivity index is 2.06. The summed E-state index contributed by atoms with van der Waals surface area (Å²) in [5, 5.41) is 2.87. The maximum Gasteiger partial charge on any atom is 0.237 e. The second-order valence-corrected chi connectivity index (χ2v) is 5.36. The number of methoxy groups -OCH3 is 1. The van der Waals surface area contributed by atoms with Gasteiger partial charge in [-0.05, 0) is 6.42 Å². The Bertz CT molecular complexity index is 223. The van der Waals surface area contributed by atoms with Gasteiger partial charge in [0.1, 0.15) is 0 Å². The van der Waals surface area contributed by atoms with Gasteiger partial charge in [-0.15, -0.1) is 0 Å². The number of nitrogens with one attached hydrogen (secondary N) is 1. The van der Waals surface area contributed by atoms with Gasteiger partial charge in [0.05, 0.1) is 6.04 Å². The van der Waals surface area contributed by atoms with E-state index in [9.17, 15) is 4.79 Å². The Morgan fingerprint density at radius 2 is 2.24 bits per heavy atom. The molecule has 0 bridgehead atoms. The number of ether oxygens (including phenoxy) is 1. The summed E-state index contributed by atoms with van der Waals surface area (Å²) in [5.74, 6) is 2.32. The third kappa shape index (κ3) is 6.26. The summed E-state index contributed by atoms with van der Waals surface area (Å²) in [5.41, 5.74) is 5.71. The number of amides is 1. The average Bonchev–Trinajstić information content (AvgIpc) is 2.37. The molecule has 1 atom stereocenters. The molecule has 1 aliphatic rings. The van der Waals surface area contributed by atoms with Gasteiger partial charge in [0.25, 0.3) is 0 Å². The Morgan fingerprint density at radius 3 is 2.88 bits per heavy atom. The van der Waals surface area contributed by atoms with E-state index in [0.29, 0.717) is 19.6 Å². The lowest BCUT2D eigenvalue weighted by atomic mass is 10.2. The molecule has 0 spiro atoms. The Kier molecular flexibility index (Phi) is 7.59. The highest BCUT2D eigenvalue weighted by molar-refractivity contribution is 7.99. The van der Waals surface area contributed by atoms with Gasteiger partial charge < -0.3 is 15.8 Å². The number of hydrogen-bond donors (Lipinski definition) is 2. The quantitative estimate of drug-likeness (QED) is 0.648. The first-order chi connectivity index (χ1) is 8.24. The van der Waals surface area contributed by atoms with E-state index in [1.807, 2.05) is 11.8 Å². The standard InChI is InChI=1S/C11H23N3O2S/c1-16-7-2-10(12)11(15)13-3-4-14-5-8-17-9-6-14/h10H,2-9,12H2,1H3,(H,13,15). The van der Waals surface area contributed by atoms with Crippen LogP contribution in [-0.2, 0) is 9.53 Å². The van der Waals surface area contributed by atoms with Crippen LogP contribution in [0.15, 0.2) is 0 Å². The molecule has 0 radical (unpaired) electrons. The third-order valence-corrected chi connectivity index (χ3v) is 3.74. The van der Waals surface area contributed by atoms with Gasteiger partial charge in [-0.1, -0.05) is 0 Å². The van der Waals surface area contributed by atoms with Crippen molar-refractivity contribution in [3.63, 3.8) is 0 Å². The van der Waals surface area contributed by atoms with Gasteiger partial charge in [0.2, 0.25) is 5.91 Å². The molecule has 5 nitrogen and oxygen atoms in total. The molecule has 100 valence electrons. The predicted octanol–water partition coefficient (Wildman–Crippen LogP) is -0.485. The molecule has 0 aromatic heterocycles. The number of rotatable bonds is 7. The molecule has 1 fully saturated rings. The third-order valence-electron chi connectivity index (χ3n) is 2.80. The van der Waals surface area contributed by atoms with Crippen molar-refractivity contribution >= 4 is 17.7 Å². The molecule has 1 saturated heterocycles. The Hall–Kier alpha value is -0.300. The molecule has 17 heavy (non-hydrogen) atoms. The van der Waals surface area contributed by atoms with Crippen LogP contribution in [0.2, 0.25) is 0 Å². The zero-order valence-corrected chi connectivity index (χ0v) is 11.3. The van der Waals surface area contributed by atoms with Gasteiger partial charge in [-0.3, -0.25) is 9.69 Å². The van der Waals surface area contributed by atoms with Crippen molar-refractivity contribution in [1.82, 2.24) is 10.2 Å². The minimum Gasteiger partial charge on any atom is -0.385 e. The number of thioether (sulfide) groups is 1. The molecule has 0 aliphatic carbocycles. The molecule has 1 heterocycles. The summed E-state index contributed by atoms with van der Waals surface area (Å²) in [4.78, 5) is 13.9. The molecule has 1 unspecified atom stereocenters. The van der Waals surface area contributed by atoms with Crippen molar-refractivity contribution in [2.75, 3.05) is 51.4 Å². The summed E-state index contributed by atoms with van der Waals surface area (Å²) >= 11 is 1.99. The van der Waals surface area contributed by atoms with Crippen LogP contribution in [0.3, 0.4) is 0 Å². The lowest BCUT2D eigenvalue weighted by molar-refractivity contribution is -0.122. The zero-order chi connectivity index (χ0) is 12.5. The van der Waals surface area contributed by atoms with Crippen LogP contribution in [0.1, 0.15) is 6.42 Å². The minimum absolute atomic E-state index is 0.0755. The van der Waals surface area contributed by atoms with E-state index in [2.05, 4.69) is 10.2 Å². The topological polar surface area (TPSA) is 67.6 Å². The van der Waals surface area contributed by atoms with Crippen LogP contribution in [0.5, 0.6) is 0 Å². The van der Waals surface area contributed by atoms with Gasteiger partial charge in [-0.25, -0.2) is 0 Å². The predicted molar refractivity (Wildman–Crippen MR) is 71.2 cm³/mol. The first kappa shape index (κ1) is 14.8. The van der Waals surface area contributed by atoms with E-state index in [1.54, 1.807) is 7.11 Å². The minimum atomic E-state index is -0.452. The maximum absolute atomic E-state index is 11.6. The second-order valence-electron chi connectivity index (χ2n) is 4.13. The van der Waals surface area contributed by atoms with E-state index in [0.717, 1.165) is 19.6 Å². The highest BCUT2D eigenvalue weighted by Crippen LogP contribution is 2.07. The average molecular weight is 261 g/mol. The van der Waals surface area contributed by atoms with E-state index in [-0.39, 0.29) is 5.91 Å².